The summed E-state index contributed by atoms with van der Waals surface area (Å²) in [6.07, 6.45) is 0. The predicted molar refractivity (Wildman–Crippen MR) is 77.8 cm³/mol. The molecule has 0 fully saturated rings. The van der Waals surface area contributed by atoms with Gasteiger partial charge in [0.05, 0.1) is 22.9 Å². The molecule has 2 heterocycles. The van der Waals surface area contributed by atoms with Crippen LogP contribution in [0.15, 0.2) is 10.9 Å². The van der Waals surface area contributed by atoms with E-state index in [1.807, 2.05) is 0 Å². The molecule has 0 aromatic carbocycles. The van der Waals surface area contributed by atoms with Gasteiger partial charge in [0, 0.05) is 26.3 Å². The number of carbonyl (C=O) groups is 1. The highest BCUT2D eigenvalue weighted by molar-refractivity contribution is 6.05. The van der Waals surface area contributed by atoms with Crippen molar-refractivity contribution in [1.29, 1.82) is 5.26 Å². The minimum absolute atomic E-state index is 0.272. The van der Waals surface area contributed by atoms with E-state index in [2.05, 4.69) is 16.2 Å². The topological polar surface area (TPSA) is 94.8 Å². The Labute approximate surface area is 121 Å². The van der Waals surface area contributed by atoms with Crippen molar-refractivity contribution in [3.8, 4) is 6.07 Å². The number of aromatic amines is 1. The molecule has 1 atom stereocenters. The molecule has 2 rings (SSSR count). The van der Waals surface area contributed by atoms with Crippen LogP contribution in [0.2, 0.25) is 0 Å². The number of H-pyrrole nitrogens is 1. The van der Waals surface area contributed by atoms with Crippen molar-refractivity contribution < 1.29 is 4.79 Å². The maximum Gasteiger partial charge on any atom is 0.274 e. The smallest absolute Gasteiger partial charge is 0.274 e. The first-order valence-corrected chi connectivity index (χ1v) is 6.56. The van der Waals surface area contributed by atoms with Gasteiger partial charge in [-0.25, -0.2) is 4.98 Å². The summed E-state index contributed by atoms with van der Waals surface area (Å²) in [6.45, 7) is 3.82. The van der Waals surface area contributed by atoms with Gasteiger partial charge in [0.15, 0.2) is 5.65 Å². The molecule has 7 nitrogen and oxygen atoms in total. The van der Waals surface area contributed by atoms with Crippen molar-refractivity contribution in [1.82, 2.24) is 19.7 Å². The number of hydrogen-bond donors (Lipinski definition) is 1. The van der Waals surface area contributed by atoms with E-state index in [9.17, 15) is 9.59 Å². The quantitative estimate of drug-likeness (QED) is 0.903. The molecular formula is C14H17N5O2. The van der Waals surface area contributed by atoms with E-state index in [1.54, 1.807) is 34.0 Å². The van der Waals surface area contributed by atoms with Crippen molar-refractivity contribution in [2.45, 2.75) is 13.8 Å². The molecule has 1 N–H and O–H groups in total. The minimum atomic E-state index is -0.343. The first-order chi connectivity index (χ1) is 9.85. The second-order valence-electron chi connectivity index (χ2n) is 5.23. The van der Waals surface area contributed by atoms with Gasteiger partial charge < -0.3 is 4.90 Å². The van der Waals surface area contributed by atoms with E-state index >= 15 is 0 Å². The average molecular weight is 287 g/mol. The molecule has 0 radical (unpaired) electrons. The number of amides is 1. The Morgan fingerprint density at radius 1 is 1.62 bits per heavy atom. The summed E-state index contributed by atoms with van der Waals surface area (Å²) < 4.78 is 1.50. The maximum atomic E-state index is 12.6. The molecule has 21 heavy (non-hydrogen) atoms. The van der Waals surface area contributed by atoms with E-state index in [1.165, 1.54) is 9.58 Å². The number of aromatic nitrogens is 3. The molecule has 0 saturated carbocycles. The number of fused-ring (bicyclic) bond motifs is 1. The molecule has 0 saturated heterocycles. The normalized spacial score (nSPS) is 12.1. The number of nitrogens with zero attached hydrogens (tertiary/aromatic N) is 4. The van der Waals surface area contributed by atoms with Crippen LogP contribution < -0.4 is 5.56 Å². The Morgan fingerprint density at radius 2 is 2.29 bits per heavy atom. The number of carbonyl (C=O) groups excluding carboxylic acids is 1. The van der Waals surface area contributed by atoms with Crippen molar-refractivity contribution in [3.63, 3.8) is 0 Å². The highest BCUT2D eigenvalue weighted by Gasteiger charge is 2.21. The van der Waals surface area contributed by atoms with Crippen molar-refractivity contribution in [2.24, 2.45) is 13.0 Å². The lowest BCUT2D eigenvalue weighted by molar-refractivity contribution is 0.0787. The van der Waals surface area contributed by atoms with E-state index in [0.29, 0.717) is 23.4 Å². The molecule has 0 aliphatic carbocycles. The van der Waals surface area contributed by atoms with Crippen LogP contribution in [0.4, 0.5) is 0 Å². The lowest BCUT2D eigenvalue weighted by atomic mass is 10.1. The summed E-state index contributed by atoms with van der Waals surface area (Å²) >= 11 is 0. The van der Waals surface area contributed by atoms with Gasteiger partial charge in [-0.05, 0) is 19.9 Å². The Morgan fingerprint density at radius 3 is 2.90 bits per heavy atom. The monoisotopic (exact) mass is 287 g/mol. The first kappa shape index (κ1) is 14.8. The second-order valence-corrected chi connectivity index (χ2v) is 5.23. The number of nitriles is 1. The van der Waals surface area contributed by atoms with Crippen molar-refractivity contribution in [2.75, 3.05) is 13.6 Å². The van der Waals surface area contributed by atoms with E-state index in [4.69, 9.17) is 5.26 Å². The van der Waals surface area contributed by atoms with Crippen molar-refractivity contribution >= 4 is 16.9 Å². The second kappa shape index (κ2) is 5.40. The fraction of sp³-hybridized carbons (Fsp3) is 0.429. The molecular weight excluding hydrogens is 270 g/mol. The molecule has 0 aliphatic rings. The largest absolute Gasteiger partial charge is 0.340 e. The van der Waals surface area contributed by atoms with Crippen LogP contribution in [0.5, 0.6) is 0 Å². The SMILES string of the molecule is Cc1cc(C(=O)N(C)CC(C)C#N)c2c(=O)[nH]n(C)c2n1. The van der Waals surface area contributed by atoms with E-state index in [-0.39, 0.29) is 22.8 Å². The number of hydrogen-bond acceptors (Lipinski definition) is 4. The third-order valence-electron chi connectivity index (χ3n) is 3.29. The summed E-state index contributed by atoms with van der Waals surface area (Å²) in [6, 6.07) is 3.69. The van der Waals surface area contributed by atoms with E-state index in [0.717, 1.165) is 0 Å². The Balaban J connectivity index is 2.54. The zero-order valence-electron chi connectivity index (χ0n) is 12.5. The summed E-state index contributed by atoms with van der Waals surface area (Å²) in [5.74, 6) is -0.560. The molecule has 2 aromatic heterocycles. The summed E-state index contributed by atoms with van der Waals surface area (Å²) in [7, 11) is 3.29. The van der Waals surface area contributed by atoms with Crippen LogP contribution in [0.1, 0.15) is 23.0 Å². The summed E-state index contributed by atoms with van der Waals surface area (Å²) in [5.41, 5.74) is 1.07. The molecule has 1 amide bonds. The standard InChI is InChI=1S/C14H17N5O2/c1-8(6-15)7-18(3)14(21)10-5-9(2)16-12-11(10)13(20)17-19(12)4/h5,8H,7H2,1-4H3,(H,17,20). The lowest BCUT2D eigenvalue weighted by Crippen LogP contribution is -2.31. The highest BCUT2D eigenvalue weighted by atomic mass is 16.2. The molecule has 2 aromatic rings. The third kappa shape index (κ3) is 2.65. The molecule has 110 valence electrons. The fourth-order valence-electron chi connectivity index (χ4n) is 2.29. The van der Waals surface area contributed by atoms with Crippen LogP contribution in [-0.4, -0.2) is 39.2 Å². The van der Waals surface area contributed by atoms with Gasteiger partial charge in [-0.3, -0.25) is 19.4 Å². The number of aryl methyl sites for hydroxylation is 2. The Bertz CT molecular complexity index is 796. The summed E-state index contributed by atoms with van der Waals surface area (Å²) in [5, 5.41) is 11.7. The predicted octanol–water partition coefficient (Wildman–Crippen LogP) is 0.802. The Hall–Kier alpha value is -2.62. The van der Waals surface area contributed by atoms with E-state index < -0.39 is 0 Å². The Kier molecular flexibility index (Phi) is 3.80. The van der Waals surface area contributed by atoms with Gasteiger partial charge in [-0.1, -0.05) is 0 Å². The van der Waals surface area contributed by atoms with Gasteiger partial charge in [-0.2, -0.15) is 5.26 Å². The van der Waals surface area contributed by atoms with Gasteiger partial charge in [0.2, 0.25) is 0 Å². The number of pyridine rings is 1. The number of nitrogens with one attached hydrogen (secondary N) is 1. The maximum absolute atomic E-state index is 12.6. The fourth-order valence-corrected chi connectivity index (χ4v) is 2.29. The zero-order valence-corrected chi connectivity index (χ0v) is 12.5. The molecule has 7 heteroatoms. The van der Waals surface area contributed by atoms with Crippen LogP contribution in [0, 0.1) is 24.2 Å². The van der Waals surface area contributed by atoms with Gasteiger partial charge >= 0.3 is 0 Å². The zero-order chi connectivity index (χ0) is 15.7. The highest BCUT2D eigenvalue weighted by Crippen LogP contribution is 2.16. The van der Waals surface area contributed by atoms with Crippen LogP contribution in [-0.2, 0) is 7.05 Å². The molecule has 0 spiro atoms. The van der Waals surface area contributed by atoms with Gasteiger partial charge in [-0.15, -0.1) is 0 Å². The van der Waals surface area contributed by atoms with Crippen LogP contribution in [0.25, 0.3) is 11.0 Å². The van der Waals surface area contributed by atoms with Crippen LogP contribution in [0.3, 0.4) is 0 Å². The molecule has 0 bridgehead atoms. The van der Waals surface area contributed by atoms with Gasteiger partial charge in [0.25, 0.3) is 11.5 Å². The number of rotatable bonds is 3. The molecule has 0 aliphatic heterocycles. The first-order valence-electron chi connectivity index (χ1n) is 6.56. The average Bonchev–Trinajstić information content (AvgIpc) is 2.71. The van der Waals surface area contributed by atoms with Crippen molar-refractivity contribution in [3.05, 3.63) is 27.7 Å². The minimum Gasteiger partial charge on any atom is -0.340 e. The van der Waals surface area contributed by atoms with Gasteiger partial charge in [0.1, 0.15) is 0 Å². The lowest BCUT2D eigenvalue weighted by Gasteiger charge is -2.18. The summed E-state index contributed by atoms with van der Waals surface area (Å²) in [4.78, 5) is 30.3. The third-order valence-corrected chi connectivity index (χ3v) is 3.29. The molecule has 1 unspecified atom stereocenters. The van der Waals surface area contributed by atoms with Crippen LogP contribution >= 0.6 is 0 Å².